The molecular weight excluding hydrogens is 308 g/mol. The average Bonchev–Trinajstić information content (AvgIpc) is 3.25. The van der Waals surface area contributed by atoms with Crippen molar-refractivity contribution in [3.63, 3.8) is 0 Å². The largest absolute Gasteiger partial charge is 0.467 e. The highest BCUT2D eigenvalue weighted by Crippen LogP contribution is 2.28. The molecule has 0 saturated carbocycles. The molecule has 7 nitrogen and oxygen atoms in total. The molecule has 0 spiro atoms. The minimum atomic E-state index is -0.145. The molecule has 1 fully saturated rings. The molecule has 0 bridgehead atoms. The van der Waals surface area contributed by atoms with Crippen molar-refractivity contribution >= 4 is 11.9 Å². The quantitative estimate of drug-likeness (QED) is 0.798. The van der Waals surface area contributed by atoms with Crippen molar-refractivity contribution in [1.82, 2.24) is 14.9 Å². The number of nitrogens with zero attached hydrogens (tertiary/aromatic N) is 4. The first-order valence-corrected chi connectivity index (χ1v) is 7.97. The number of hydrogen-bond donors (Lipinski definition) is 0. The third kappa shape index (κ3) is 3.56. The van der Waals surface area contributed by atoms with Gasteiger partial charge in [0.1, 0.15) is 5.76 Å². The van der Waals surface area contributed by atoms with Crippen LogP contribution < -0.4 is 4.90 Å². The molecule has 0 radical (unpaired) electrons. The lowest BCUT2D eigenvalue weighted by Gasteiger charge is -2.23. The number of furan rings is 1. The molecule has 24 heavy (non-hydrogen) atoms. The monoisotopic (exact) mass is 330 g/mol. The molecule has 2 aromatic heterocycles. The SMILES string of the molecule is COC[C@@H]1CN(c2ncccn2)C[C@H]1C(=O)N(C)Cc1ccco1. The lowest BCUT2D eigenvalue weighted by atomic mass is 9.95. The van der Waals surface area contributed by atoms with E-state index in [1.54, 1.807) is 43.8 Å². The number of hydrogen-bond acceptors (Lipinski definition) is 6. The van der Waals surface area contributed by atoms with Gasteiger partial charge in [-0.15, -0.1) is 0 Å². The molecule has 0 aromatic carbocycles. The van der Waals surface area contributed by atoms with Crippen molar-refractivity contribution in [3.05, 3.63) is 42.6 Å². The maximum absolute atomic E-state index is 12.9. The molecule has 128 valence electrons. The molecule has 3 heterocycles. The minimum Gasteiger partial charge on any atom is -0.467 e. The van der Waals surface area contributed by atoms with Crippen molar-refractivity contribution in [2.75, 3.05) is 38.8 Å². The first-order chi connectivity index (χ1) is 11.7. The summed E-state index contributed by atoms with van der Waals surface area (Å²) in [5, 5.41) is 0. The van der Waals surface area contributed by atoms with Crippen LogP contribution in [0.15, 0.2) is 41.3 Å². The fraction of sp³-hybridized carbons (Fsp3) is 0.471. The molecule has 2 aromatic rings. The summed E-state index contributed by atoms with van der Waals surface area (Å²) in [6.45, 7) is 2.31. The van der Waals surface area contributed by atoms with Gasteiger partial charge in [-0.05, 0) is 18.2 Å². The van der Waals surface area contributed by atoms with Gasteiger partial charge in [0.2, 0.25) is 11.9 Å². The highest BCUT2D eigenvalue weighted by Gasteiger charge is 2.39. The summed E-state index contributed by atoms with van der Waals surface area (Å²) < 4.78 is 10.7. The van der Waals surface area contributed by atoms with Crippen molar-refractivity contribution in [1.29, 1.82) is 0 Å². The van der Waals surface area contributed by atoms with Gasteiger partial charge in [0, 0.05) is 45.6 Å². The molecule has 0 N–H and O–H groups in total. The molecular formula is C17H22N4O3. The predicted octanol–water partition coefficient (Wildman–Crippen LogP) is 1.43. The van der Waals surface area contributed by atoms with Gasteiger partial charge < -0.3 is 19.0 Å². The topological polar surface area (TPSA) is 71.7 Å². The van der Waals surface area contributed by atoms with Crippen LogP contribution in [-0.2, 0) is 16.1 Å². The van der Waals surface area contributed by atoms with E-state index in [1.807, 2.05) is 17.0 Å². The Morgan fingerprint density at radius 2 is 2.17 bits per heavy atom. The zero-order chi connectivity index (χ0) is 16.9. The van der Waals surface area contributed by atoms with E-state index in [4.69, 9.17) is 9.15 Å². The van der Waals surface area contributed by atoms with Crippen LogP contribution in [-0.4, -0.2) is 54.6 Å². The lowest BCUT2D eigenvalue weighted by Crippen LogP contribution is -2.37. The number of methoxy groups -OCH3 is 1. The molecule has 1 amide bonds. The fourth-order valence-electron chi connectivity index (χ4n) is 3.15. The smallest absolute Gasteiger partial charge is 0.228 e. The first-order valence-electron chi connectivity index (χ1n) is 7.97. The Kier molecular flexibility index (Phi) is 5.10. The van der Waals surface area contributed by atoms with Crippen LogP contribution in [0, 0.1) is 11.8 Å². The number of anilines is 1. The van der Waals surface area contributed by atoms with Crippen LogP contribution >= 0.6 is 0 Å². The van der Waals surface area contributed by atoms with Gasteiger partial charge >= 0.3 is 0 Å². The van der Waals surface area contributed by atoms with E-state index in [2.05, 4.69) is 9.97 Å². The maximum atomic E-state index is 12.9. The average molecular weight is 330 g/mol. The summed E-state index contributed by atoms with van der Waals surface area (Å²) in [4.78, 5) is 25.2. The molecule has 1 aliphatic heterocycles. The summed E-state index contributed by atoms with van der Waals surface area (Å²) in [5.41, 5.74) is 0. The second-order valence-corrected chi connectivity index (χ2v) is 6.05. The lowest BCUT2D eigenvalue weighted by molar-refractivity contribution is -0.136. The summed E-state index contributed by atoms with van der Waals surface area (Å²) in [6, 6.07) is 5.48. The van der Waals surface area contributed by atoms with Gasteiger partial charge in [0.25, 0.3) is 0 Å². The molecule has 1 saturated heterocycles. The van der Waals surface area contributed by atoms with Gasteiger partial charge in [-0.3, -0.25) is 4.79 Å². The van der Waals surface area contributed by atoms with E-state index in [0.717, 1.165) is 5.76 Å². The van der Waals surface area contributed by atoms with Crippen LogP contribution in [0.4, 0.5) is 5.95 Å². The van der Waals surface area contributed by atoms with Crippen LogP contribution in [0.25, 0.3) is 0 Å². The minimum absolute atomic E-state index is 0.0897. The van der Waals surface area contributed by atoms with E-state index in [9.17, 15) is 4.79 Å². The number of rotatable bonds is 6. The Labute approximate surface area is 141 Å². The zero-order valence-electron chi connectivity index (χ0n) is 14.0. The maximum Gasteiger partial charge on any atom is 0.228 e. The number of amides is 1. The molecule has 7 heteroatoms. The standard InChI is InChI=1S/C17H22N4O3/c1-20(10-14-5-3-8-24-14)16(22)15-11-21(9-13(15)12-23-2)17-18-6-4-7-19-17/h3-8,13,15H,9-12H2,1-2H3/t13-,15+/m0/s1. The van der Waals surface area contributed by atoms with E-state index in [0.29, 0.717) is 32.2 Å². The summed E-state index contributed by atoms with van der Waals surface area (Å²) in [6.07, 6.45) is 5.04. The molecule has 3 rings (SSSR count). The van der Waals surface area contributed by atoms with Gasteiger partial charge in [-0.2, -0.15) is 0 Å². The molecule has 2 atom stereocenters. The normalized spacial score (nSPS) is 20.3. The van der Waals surface area contributed by atoms with Crippen LogP contribution in [0.1, 0.15) is 5.76 Å². The number of carbonyl (C=O) groups excluding carboxylic acids is 1. The summed E-state index contributed by atoms with van der Waals surface area (Å²) in [7, 11) is 3.46. The van der Waals surface area contributed by atoms with E-state index in [-0.39, 0.29) is 17.7 Å². The highest BCUT2D eigenvalue weighted by molar-refractivity contribution is 5.80. The second kappa shape index (κ2) is 7.44. The third-order valence-electron chi connectivity index (χ3n) is 4.32. The van der Waals surface area contributed by atoms with Crippen LogP contribution in [0.5, 0.6) is 0 Å². The van der Waals surface area contributed by atoms with E-state index < -0.39 is 0 Å². The Hall–Kier alpha value is -2.41. The second-order valence-electron chi connectivity index (χ2n) is 6.05. The Morgan fingerprint density at radius 3 is 2.83 bits per heavy atom. The third-order valence-corrected chi connectivity index (χ3v) is 4.32. The van der Waals surface area contributed by atoms with Crippen molar-refractivity contribution in [2.45, 2.75) is 6.54 Å². The molecule has 1 aliphatic rings. The van der Waals surface area contributed by atoms with Gasteiger partial charge in [-0.1, -0.05) is 0 Å². The summed E-state index contributed by atoms with van der Waals surface area (Å²) in [5.74, 6) is 1.49. The van der Waals surface area contributed by atoms with Gasteiger partial charge in [0.05, 0.1) is 25.3 Å². The van der Waals surface area contributed by atoms with Gasteiger partial charge in [0.15, 0.2) is 0 Å². The number of aromatic nitrogens is 2. The molecule has 0 aliphatic carbocycles. The Balaban J connectivity index is 1.70. The Morgan fingerprint density at radius 1 is 1.38 bits per heavy atom. The molecule has 0 unspecified atom stereocenters. The van der Waals surface area contributed by atoms with Crippen molar-refractivity contribution in [2.24, 2.45) is 11.8 Å². The zero-order valence-corrected chi connectivity index (χ0v) is 14.0. The highest BCUT2D eigenvalue weighted by atomic mass is 16.5. The Bertz CT molecular complexity index is 647. The van der Waals surface area contributed by atoms with E-state index in [1.165, 1.54) is 0 Å². The van der Waals surface area contributed by atoms with Crippen molar-refractivity contribution < 1.29 is 13.9 Å². The summed E-state index contributed by atoms with van der Waals surface area (Å²) >= 11 is 0. The predicted molar refractivity (Wildman–Crippen MR) is 88.3 cm³/mol. The first kappa shape index (κ1) is 16.4. The van der Waals surface area contributed by atoms with E-state index >= 15 is 0 Å². The fourth-order valence-corrected chi connectivity index (χ4v) is 3.15. The van der Waals surface area contributed by atoms with Crippen LogP contribution in [0.3, 0.4) is 0 Å². The van der Waals surface area contributed by atoms with Crippen molar-refractivity contribution in [3.8, 4) is 0 Å². The van der Waals surface area contributed by atoms with Crippen LogP contribution in [0.2, 0.25) is 0 Å². The van der Waals surface area contributed by atoms with Gasteiger partial charge in [-0.25, -0.2) is 9.97 Å². The number of carbonyl (C=O) groups is 1. The number of ether oxygens (including phenoxy) is 1.